The molecule has 3 rings (SSSR count). The maximum Gasteiger partial charge on any atom is 0.262 e. The molecule has 144 valence electrons. The van der Waals surface area contributed by atoms with Crippen molar-refractivity contribution in [2.75, 3.05) is 33.3 Å². The number of hydrogen-bond acceptors (Lipinski definition) is 6. The zero-order chi connectivity index (χ0) is 19.2. The molecule has 0 radical (unpaired) electrons. The maximum atomic E-state index is 12.3. The molecule has 7 nitrogen and oxygen atoms in total. The molecule has 1 aliphatic carbocycles. The molecule has 1 aromatic carbocycles. The van der Waals surface area contributed by atoms with Gasteiger partial charge in [0.1, 0.15) is 5.75 Å². The molecular formula is C20H24N2O5. The summed E-state index contributed by atoms with van der Waals surface area (Å²) in [4.78, 5) is 16.8. The predicted molar refractivity (Wildman–Crippen MR) is 101 cm³/mol. The second-order valence-electron chi connectivity index (χ2n) is 6.19. The van der Waals surface area contributed by atoms with E-state index in [4.69, 9.17) is 18.9 Å². The van der Waals surface area contributed by atoms with Crippen LogP contribution < -0.4 is 24.3 Å². The van der Waals surface area contributed by atoms with Gasteiger partial charge in [0.2, 0.25) is 5.75 Å². The summed E-state index contributed by atoms with van der Waals surface area (Å²) in [6.07, 6.45) is 5.89. The van der Waals surface area contributed by atoms with Crippen molar-refractivity contribution in [2.24, 2.45) is 0 Å². The molecule has 1 amide bonds. The molecule has 0 unspecified atom stereocenters. The average molecular weight is 372 g/mol. The highest BCUT2D eigenvalue weighted by Gasteiger charge is 2.17. The molecule has 0 atom stereocenters. The molecule has 1 N–H and O–H groups in total. The molecule has 27 heavy (non-hydrogen) atoms. The normalized spacial score (nSPS) is 12.7. The minimum absolute atomic E-state index is 0.0902. The van der Waals surface area contributed by atoms with Gasteiger partial charge in [0, 0.05) is 35.3 Å². The summed E-state index contributed by atoms with van der Waals surface area (Å²) in [6, 6.07) is 5.16. The molecule has 0 spiro atoms. The van der Waals surface area contributed by atoms with Crippen LogP contribution in [-0.4, -0.2) is 38.8 Å². The van der Waals surface area contributed by atoms with Crippen LogP contribution in [0.4, 0.5) is 5.69 Å². The number of aromatic nitrogens is 1. The molecule has 1 aliphatic rings. The van der Waals surface area contributed by atoms with Crippen LogP contribution in [0.5, 0.6) is 23.0 Å². The van der Waals surface area contributed by atoms with Crippen molar-refractivity contribution in [2.45, 2.75) is 25.7 Å². The Labute approximate surface area is 158 Å². The maximum absolute atomic E-state index is 12.3. The van der Waals surface area contributed by atoms with E-state index >= 15 is 0 Å². The van der Waals surface area contributed by atoms with Gasteiger partial charge in [-0.1, -0.05) is 0 Å². The van der Waals surface area contributed by atoms with Gasteiger partial charge in [0.25, 0.3) is 5.91 Å². The first kappa shape index (κ1) is 18.8. The third kappa shape index (κ3) is 4.24. The van der Waals surface area contributed by atoms with Crippen molar-refractivity contribution in [1.82, 2.24) is 4.98 Å². The molecule has 1 aromatic heterocycles. The molecule has 7 heteroatoms. The van der Waals surface area contributed by atoms with E-state index in [-0.39, 0.29) is 12.5 Å². The Balaban J connectivity index is 1.68. The van der Waals surface area contributed by atoms with Gasteiger partial charge in [0.15, 0.2) is 18.1 Å². The summed E-state index contributed by atoms with van der Waals surface area (Å²) in [5.41, 5.74) is 2.72. The lowest BCUT2D eigenvalue weighted by molar-refractivity contribution is -0.118. The number of ether oxygens (including phenoxy) is 4. The highest BCUT2D eigenvalue weighted by molar-refractivity contribution is 5.92. The van der Waals surface area contributed by atoms with E-state index in [9.17, 15) is 4.79 Å². The Bertz CT molecular complexity index is 797. The van der Waals surface area contributed by atoms with Gasteiger partial charge in [-0.05, 0) is 31.7 Å². The number of hydrogen-bond donors (Lipinski definition) is 1. The van der Waals surface area contributed by atoms with Crippen LogP contribution in [0.25, 0.3) is 0 Å². The quantitative estimate of drug-likeness (QED) is 0.805. The first-order chi connectivity index (χ1) is 13.2. The van der Waals surface area contributed by atoms with E-state index in [1.165, 1.54) is 21.3 Å². The number of methoxy groups -OCH3 is 3. The Morgan fingerprint density at radius 3 is 2.41 bits per heavy atom. The molecule has 0 bridgehead atoms. The first-order valence-electron chi connectivity index (χ1n) is 8.85. The highest BCUT2D eigenvalue weighted by atomic mass is 16.5. The summed E-state index contributed by atoms with van der Waals surface area (Å²) >= 11 is 0. The molecule has 0 saturated carbocycles. The van der Waals surface area contributed by atoms with E-state index in [1.807, 2.05) is 6.07 Å². The number of fused-ring (bicyclic) bond motifs is 1. The van der Waals surface area contributed by atoms with Crippen LogP contribution in [0.15, 0.2) is 24.4 Å². The second kappa shape index (κ2) is 8.62. The number of rotatable bonds is 7. The third-order valence-corrected chi connectivity index (χ3v) is 4.50. The van der Waals surface area contributed by atoms with Crippen molar-refractivity contribution in [3.8, 4) is 23.0 Å². The van der Waals surface area contributed by atoms with Crippen molar-refractivity contribution in [3.05, 3.63) is 35.7 Å². The number of nitrogens with zero attached hydrogens (tertiary/aromatic N) is 1. The summed E-state index contributed by atoms with van der Waals surface area (Å²) in [6.45, 7) is -0.0902. The zero-order valence-electron chi connectivity index (χ0n) is 15.8. The number of amides is 1. The van der Waals surface area contributed by atoms with Gasteiger partial charge in [0.05, 0.1) is 21.3 Å². The number of pyridine rings is 1. The van der Waals surface area contributed by atoms with Crippen LogP contribution in [0.2, 0.25) is 0 Å². The summed E-state index contributed by atoms with van der Waals surface area (Å²) < 4.78 is 21.6. The minimum Gasteiger partial charge on any atom is -0.493 e. The van der Waals surface area contributed by atoms with Crippen LogP contribution in [0.1, 0.15) is 24.1 Å². The van der Waals surface area contributed by atoms with Crippen molar-refractivity contribution >= 4 is 11.6 Å². The van der Waals surface area contributed by atoms with Gasteiger partial charge < -0.3 is 24.3 Å². The second-order valence-corrected chi connectivity index (χ2v) is 6.19. The molecule has 0 saturated heterocycles. The van der Waals surface area contributed by atoms with Gasteiger partial charge >= 0.3 is 0 Å². The van der Waals surface area contributed by atoms with E-state index in [1.54, 1.807) is 18.3 Å². The van der Waals surface area contributed by atoms with Gasteiger partial charge in [-0.3, -0.25) is 9.78 Å². The van der Waals surface area contributed by atoms with Crippen molar-refractivity contribution in [3.63, 3.8) is 0 Å². The lowest BCUT2D eigenvalue weighted by Gasteiger charge is -2.18. The Hall–Kier alpha value is -2.96. The summed E-state index contributed by atoms with van der Waals surface area (Å²) in [7, 11) is 4.58. The van der Waals surface area contributed by atoms with Crippen LogP contribution in [-0.2, 0) is 17.6 Å². The fourth-order valence-corrected chi connectivity index (χ4v) is 3.22. The van der Waals surface area contributed by atoms with E-state index < -0.39 is 0 Å². The number of aryl methyl sites for hydroxylation is 1. The van der Waals surface area contributed by atoms with Crippen molar-refractivity contribution < 1.29 is 23.7 Å². The van der Waals surface area contributed by atoms with E-state index in [0.717, 1.165) is 42.7 Å². The molecule has 0 aliphatic heterocycles. The Morgan fingerprint density at radius 2 is 1.74 bits per heavy atom. The zero-order valence-corrected chi connectivity index (χ0v) is 15.8. The highest BCUT2D eigenvalue weighted by Crippen LogP contribution is 2.39. The number of carbonyl (C=O) groups is 1. The molecule has 1 heterocycles. The topological polar surface area (TPSA) is 78.9 Å². The lowest BCUT2D eigenvalue weighted by atomic mass is 9.95. The fourth-order valence-electron chi connectivity index (χ4n) is 3.22. The third-order valence-electron chi connectivity index (χ3n) is 4.50. The van der Waals surface area contributed by atoms with Crippen LogP contribution in [0.3, 0.4) is 0 Å². The number of benzene rings is 1. The summed E-state index contributed by atoms with van der Waals surface area (Å²) in [5, 5.41) is 2.80. The van der Waals surface area contributed by atoms with Crippen LogP contribution >= 0.6 is 0 Å². The minimum atomic E-state index is -0.273. The molecule has 2 aromatic rings. The molecule has 0 fully saturated rings. The SMILES string of the molecule is COc1cc(NC(=O)COc2ccnc3c2CCCC3)cc(OC)c1OC. The first-order valence-corrected chi connectivity index (χ1v) is 8.85. The molecular weight excluding hydrogens is 348 g/mol. The largest absolute Gasteiger partial charge is 0.493 e. The fraction of sp³-hybridized carbons (Fsp3) is 0.400. The number of nitrogens with one attached hydrogen (secondary N) is 1. The smallest absolute Gasteiger partial charge is 0.262 e. The average Bonchev–Trinajstić information content (AvgIpc) is 2.71. The number of anilines is 1. The van der Waals surface area contributed by atoms with Gasteiger partial charge in [-0.15, -0.1) is 0 Å². The van der Waals surface area contributed by atoms with Crippen molar-refractivity contribution in [1.29, 1.82) is 0 Å². The van der Waals surface area contributed by atoms with E-state index in [0.29, 0.717) is 22.9 Å². The Kier molecular flexibility index (Phi) is 6.01. The van der Waals surface area contributed by atoms with Gasteiger partial charge in [-0.2, -0.15) is 0 Å². The Morgan fingerprint density at radius 1 is 1.04 bits per heavy atom. The summed E-state index contributed by atoms with van der Waals surface area (Å²) in [5.74, 6) is 1.87. The number of carbonyl (C=O) groups excluding carboxylic acids is 1. The predicted octanol–water partition coefficient (Wildman–Crippen LogP) is 3.00. The standard InChI is InChI=1S/C20H24N2O5/c1-24-17-10-13(11-18(25-2)20(17)26-3)22-19(23)12-27-16-8-9-21-15-7-5-4-6-14(15)16/h8-11H,4-7,12H2,1-3H3,(H,22,23). The monoisotopic (exact) mass is 372 g/mol. The lowest BCUT2D eigenvalue weighted by Crippen LogP contribution is -2.21. The van der Waals surface area contributed by atoms with Gasteiger partial charge in [-0.25, -0.2) is 0 Å². The van der Waals surface area contributed by atoms with E-state index in [2.05, 4.69) is 10.3 Å². The van der Waals surface area contributed by atoms with Crippen LogP contribution in [0, 0.1) is 0 Å².